The molecule has 0 saturated heterocycles. The summed E-state index contributed by atoms with van der Waals surface area (Å²) in [5.74, 6) is -0.248. The van der Waals surface area contributed by atoms with Crippen LogP contribution in [-0.2, 0) is 0 Å². The van der Waals surface area contributed by atoms with Crippen molar-refractivity contribution >= 4 is 17.5 Å². The molecule has 3 nitrogen and oxygen atoms in total. The van der Waals surface area contributed by atoms with Crippen LogP contribution in [0.25, 0.3) is 0 Å². The van der Waals surface area contributed by atoms with Crippen molar-refractivity contribution in [1.29, 1.82) is 0 Å². The summed E-state index contributed by atoms with van der Waals surface area (Å²) in [4.78, 5) is 11.8. The molecule has 0 bridgehead atoms. The Labute approximate surface area is 115 Å². The molecule has 1 amide bonds. The van der Waals surface area contributed by atoms with Crippen LogP contribution in [0.15, 0.2) is 24.3 Å². The van der Waals surface area contributed by atoms with Crippen LogP contribution in [-0.4, -0.2) is 23.9 Å². The molecule has 1 N–H and O–H groups in total. The van der Waals surface area contributed by atoms with Crippen LogP contribution >= 0.6 is 11.6 Å². The molecule has 1 rings (SSSR count). The maximum atomic E-state index is 12.0. The third-order valence-corrected chi connectivity index (χ3v) is 2.58. The predicted molar refractivity (Wildman–Crippen MR) is 69.9 cm³/mol. The molecule has 6 heteroatoms. The van der Waals surface area contributed by atoms with Gasteiger partial charge < -0.3 is 10.1 Å². The molecule has 0 aromatic heterocycles. The third-order valence-electron chi connectivity index (χ3n) is 2.40. The Morgan fingerprint density at radius 2 is 1.89 bits per heavy atom. The Morgan fingerprint density at radius 3 is 2.37 bits per heavy atom. The molecule has 0 aliphatic carbocycles. The maximum Gasteiger partial charge on any atom is 0.387 e. The fraction of sp³-hybridized carbons (Fsp3) is 0.462. The number of halogens is 3. The highest BCUT2D eigenvalue weighted by Gasteiger charge is 2.12. The molecule has 2 unspecified atom stereocenters. The predicted octanol–water partition coefficient (Wildman–Crippen LogP) is 3.42. The van der Waals surface area contributed by atoms with Crippen molar-refractivity contribution in [2.24, 2.45) is 0 Å². The molecular weight excluding hydrogens is 276 g/mol. The van der Waals surface area contributed by atoms with E-state index in [1.54, 1.807) is 0 Å². The van der Waals surface area contributed by atoms with Gasteiger partial charge in [-0.2, -0.15) is 8.78 Å². The summed E-state index contributed by atoms with van der Waals surface area (Å²) in [5, 5.41) is 2.74. The number of carbonyl (C=O) groups excluding carboxylic acids is 1. The van der Waals surface area contributed by atoms with E-state index in [-0.39, 0.29) is 23.1 Å². The molecule has 0 aliphatic rings. The highest BCUT2D eigenvalue weighted by atomic mass is 35.5. The minimum atomic E-state index is -2.87. The molecule has 19 heavy (non-hydrogen) atoms. The molecule has 0 spiro atoms. The van der Waals surface area contributed by atoms with Crippen LogP contribution in [0.3, 0.4) is 0 Å². The number of hydrogen-bond donors (Lipinski definition) is 1. The summed E-state index contributed by atoms with van der Waals surface area (Å²) >= 11 is 5.83. The quantitative estimate of drug-likeness (QED) is 0.816. The average molecular weight is 292 g/mol. The van der Waals surface area contributed by atoms with Crippen LogP contribution < -0.4 is 10.1 Å². The molecule has 1 aromatic carbocycles. The number of rotatable bonds is 6. The van der Waals surface area contributed by atoms with E-state index in [0.29, 0.717) is 12.0 Å². The van der Waals surface area contributed by atoms with Gasteiger partial charge in [0.1, 0.15) is 5.75 Å². The van der Waals surface area contributed by atoms with E-state index < -0.39 is 6.61 Å². The van der Waals surface area contributed by atoms with Crippen LogP contribution in [0.4, 0.5) is 8.78 Å². The van der Waals surface area contributed by atoms with Gasteiger partial charge in [0.2, 0.25) is 0 Å². The summed E-state index contributed by atoms with van der Waals surface area (Å²) in [5.41, 5.74) is 0.385. The van der Waals surface area contributed by atoms with Gasteiger partial charge >= 0.3 is 6.61 Å². The summed E-state index contributed by atoms with van der Waals surface area (Å²) < 4.78 is 28.1. The average Bonchev–Trinajstić information content (AvgIpc) is 2.27. The van der Waals surface area contributed by atoms with Crippen molar-refractivity contribution in [1.82, 2.24) is 5.32 Å². The lowest BCUT2D eigenvalue weighted by Gasteiger charge is -2.15. The van der Waals surface area contributed by atoms with Gasteiger partial charge in [-0.3, -0.25) is 4.79 Å². The number of alkyl halides is 3. The topological polar surface area (TPSA) is 38.3 Å². The van der Waals surface area contributed by atoms with Crippen LogP contribution in [0, 0.1) is 0 Å². The van der Waals surface area contributed by atoms with Crippen molar-refractivity contribution in [3.05, 3.63) is 29.8 Å². The van der Waals surface area contributed by atoms with Crippen LogP contribution in [0.1, 0.15) is 30.6 Å². The minimum absolute atomic E-state index is 0.0222. The van der Waals surface area contributed by atoms with Crippen molar-refractivity contribution in [3.63, 3.8) is 0 Å². The normalized spacial score (nSPS) is 14.0. The second-order valence-electron chi connectivity index (χ2n) is 4.29. The fourth-order valence-corrected chi connectivity index (χ4v) is 1.91. The van der Waals surface area contributed by atoms with Crippen molar-refractivity contribution in [3.8, 4) is 5.75 Å². The Kier molecular flexibility index (Phi) is 6.02. The molecule has 0 radical (unpaired) electrons. The number of benzene rings is 1. The third kappa shape index (κ3) is 5.87. The molecular formula is C13H16ClF2NO2. The molecule has 0 aliphatic heterocycles. The Morgan fingerprint density at radius 1 is 1.32 bits per heavy atom. The fourth-order valence-electron chi connectivity index (χ4n) is 1.64. The first-order valence-electron chi connectivity index (χ1n) is 5.88. The SMILES string of the molecule is CC(Cl)CC(C)NC(=O)c1ccc(OC(F)F)cc1. The van der Waals surface area contributed by atoms with E-state index in [9.17, 15) is 13.6 Å². The van der Waals surface area contributed by atoms with E-state index in [2.05, 4.69) is 10.1 Å². The molecule has 0 fully saturated rings. The minimum Gasteiger partial charge on any atom is -0.435 e. The summed E-state index contributed by atoms with van der Waals surface area (Å²) in [6, 6.07) is 5.47. The van der Waals surface area contributed by atoms with E-state index in [1.807, 2.05) is 13.8 Å². The maximum absolute atomic E-state index is 12.0. The summed E-state index contributed by atoms with van der Waals surface area (Å²) in [6.45, 7) is 0.830. The molecule has 0 saturated carbocycles. The zero-order valence-corrected chi connectivity index (χ0v) is 11.5. The number of carbonyl (C=O) groups is 1. The van der Waals surface area contributed by atoms with Gasteiger partial charge in [0, 0.05) is 17.0 Å². The van der Waals surface area contributed by atoms with Crippen molar-refractivity contribution in [2.75, 3.05) is 0 Å². The lowest BCUT2D eigenvalue weighted by molar-refractivity contribution is -0.0498. The Bertz CT molecular complexity index is 410. The Hall–Kier alpha value is -1.36. The first-order valence-corrected chi connectivity index (χ1v) is 6.32. The lowest BCUT2D eigenvalue weighted by atomic mass is 10.1. The van der Waals surface area contributed by atoms with Gasteiger partial charge in [-0.1, -0.05) is 0 Å². The van der Waals surface area contributed by atoms with E-state index in [4.69, 9.17) is 11.6 Å². The van der Waals surface area contributed by atoms with E-state index in [0.717, 1.165) is 0 Å². The van der Waals surface area contributed by atoms with Gasteiger partial charge in [0.05, 0.1) is 0 Å². The number of nitrogens with one attached hydrogen (secondary N) is 1. The Balaban J connectivity index is 2.57. The summed E-state index contributed by atoms with van der Waals surface area (Å²) in [7, 11) is 0. The number of ether oxygens (including phenoxy) is 1. The molecule has 0 heterocycles. The smallest absolute Gasteiger partial charge is 0.387 e. The van der Waals surface area contributed by atoms with Gasteiger partial charge in [-0.15, -0.1) is 11.6 Å². The van der Waals surface area contributed by atoms with E-state index >= 15 is 0 Å². The standard InChI is InChI=1S/C13H16ClF2NO2/c1-8(14)7-9(2)17-12(18)10-3-5-11(6-4-10)19-13(15)16/h3-6,8-9,13H,7H2,1-2H3,(H,17,18). The molecule has 2 atom stereocenters. The lowest BCUT2D eigenvalue weighted by Crippen LogP contribution is -2.33. The second kappa shape index (κ2) is 7.28. The van der Waals surface area contributed by atoms with Gasteiger partial charge in [0.25, 0.3) is 5.91 Å². The zero-order valence-electron chi connectivity index (χ0n) is 10.7. The highest BCUT2D eigenvalue weighted by Crippen LogP contribution is 2.15. The molecule has 1 aromatic rings. The van der Waals surface area contributed by atoms with Gasteiger partial charge in [0.15, 0.2) is 0 Å². The van der Waals surface area contributed by atoms with Crippen LogP contribution in [0.5, 0.6) is 5.75 Å². The van der Waals surface area contributed by atoms with Gasteiger partial charge in [-0.05, 0) is 44.5 Å². The second-order valence-corrected chi connectivity index (χ2v) is 5.04. The molecule has 106 valence electrons. The van der Waals surface area contributed by atoms with E-state index in [1.165, 1.54) is 24.3 Å². The van der Waals surface area contributed by atoms with Crippen molar-refractivity contribution < 1.29 is 18.3 Å². The largest absolute Gasteiger partial charge is 0.435 e. The number of hydrogen-bond acceptors (Lipinski definition) is 2. The van der Waals surface area contributed by atoms with Gasteiger partial charge in [-0.25, -0.2) is 0 Å². The zero-order chi connectivity index (χ0) is 14.4. The highest BCUT2D eigenvalue weighted by molar-refractivity contribution is 6.20. The first kappa shape index (κ1) is 15.7. The van der Waals surface area contributed by atoms with Crippen molar-refractivity contribution in [2.45, 2.75) is 38.3 Å². The van der Waals surface area contributed by atoms with Crippen LogP contribution in [0.2, 0.25) is 0 Å². The first-order chi connectivity index (χ1) is 8.88. The monoisotopic (exact) mass is 291 g/mol. The summed E-state index contributed by atoms with van der Waals surface area (Å²) in [6.07, 6.45) is 0.653. The number of amides is 1.